The summed E-state index contributed by atoms with van der Waals surface area (Å²) < 4.78 is 89.9. The second kappa shape index (κ2) is 8.71. The number of halogens is 7. The van der Waals surface area contributed by atoms with E-state index in [1.54, 1.807) is 25.1 Å². The van der Waals surface area contributed by atoms with E-state index in [1.165, 1.54) is 12.1 Å². The summed E-state index contributed by atoms with van der Waals surface area (Å²) in [6.07, 6.45) is -11.2. The monoisotopic (exact) mass is 498 g/mol. The lowest BCUT2D eigenvalue weighted by Crippen LogP contribution is -2.55. The van der Waals surface area contributed by atoms with Gasteiger partial charge in [0, 0.05) is 22.7 Å². The summed E-state index contributed by atoms with van der Waals surface area (Å²) in [5, 5.41) is 2.83. The minimum Gasteiger partial charge on any atom is -0.401 e. The van der Waals surface area contributed by atoms with E-state index >= 15 is 0 Å². The summed E-state index contributed by atoms with van der Waals surface area (Å²) in [4.78, 5) is 26.9. The van der Waals surface area contributed by atoms with Gasteiger partial charge in [-0.05, 0) is 30.7 Å². The maximum atomic E-state index is 12.8. The topological polar surface area (TPSA) is 86.8 Å². The van der Waals surface area contributed by atoms with Crippen LogP contribution in [-0.2, 0) is 25.6 Å². The third-order valence-electron chi connectivity index (χ3n) is 4.27. The molecule has 7 nitrogen and oxygen atoms in total. The number of alkyl halides is 6. The Morgan fingerprint density at radius 1 is 1.06 bits per heavy atom. The smallest absolute Gasteiger partial charge is 0.401 e. The SMILES string of the molecule is Cc1cc(Cl)ccc1-c1ccc2c(n1)OC(OC(=O)C(F)(F)F)(OC(=O)C(F)(F)F)CNC2. The number of esters is 2. The Labute approximate surface area is 186 Å². The van der Waals surface area contributed by atoms with Crippen molar-refractivity contribution in [2.24, 2.45) is 0 Å². The Morgan fingerprint density at radius 3 is 2.21 bits per heavy atom. The minimum atomic E-state index is -5.62. The van der Waals surface area contributed by atoms with Gasteiger partial charge < -0.3 is 19.5 Å². The maximum absolute atomic E-state index is 12.8. The van der Waals surface area contributed by atoms with Gasteiger partial charge in [0.25, 0.3) is 0 Å². The number of carbonyl (C=O) groups excluding carboxylic acids is 2. The van der Waals surface area contributed by atoms with Crippen molar-refractivity contribution in [1.29, 1.82) is 0 Å². The molecule has 2 heterocycles. The molecule has 0 unspecified atom stereocenters. The molecule has 0 spiro atoms. The highest BCUT2D eigenvalue weighted by Crippen LogP contribution is 2.34. The van der Waals surface area contributed by atoms with Crippen molar-refractivity contribution in [2.45, 2.75) is 31.8 Å². The summed E-state index contributed by atoms with van der Waals surface area (Å²) in [5.41, 5.74) is 1.56. The summed E-state index contributed by atoms with van der Waals surface area (Å²) >= 11 is 5.92. The van der Waals surface area contributed by atoms with E-state index in [2.05, 4.69) is 19.8 Å². The predicted molar refractivity (Wildman–Crippen MR) is 98.8 cm³/mol. The highest BCUT2D eigenvalue weighted by atomic mass is 35.5. The molecule has 0 radical (unpaired) electrons. The third-order valence-corrected chi connectivity index (χ3v) is 4.51. The van der Waals surface area contributed by atoms with Crippen LogP contribution in [0.25, 0.3) is 11.3 Å². The van der Waals surface area contributed by atoms with Crippen LogP contribution in [0.2, 0.25) is 5.02 Å². The number of nitrogens with zero attached hydrogens (tertiary/aromatic N) is 1. The Bertz CT molecular complexity index is 1060. The van der Waals surface area contributed by atoms with Crippen LogP contribution in [0.3, 0.4) is 0 Å². The molecule has 0 saturated heterocycles. The van der Waals surface area contributed by atoms with Crippen LogP contribution in [0, 0.1) is 6.92 Å². The average molecular weight is 499 g/mol. The fourth-order valence-electron chi connectivity index (χ4n) is 2.82. The molecule has 1 aromatic carbocycles. The van der Waals surface area contributed by atoms with Gasteiger partial charge in [0.15, 0.2) is 0 Å². The lowest BCUT2D eigenvalue weighted by molar-refractivity contribution is -0.331. The van der Waals surface area contributed by atoms with Gasteiger partial charge >= 0.3 is 30.3 Å². The number of nitrogens with one attached hydrogen (secondary N) is 1. The van der Waals surface area contributed by atoms with Crippen LogP contribution in [0.4, 0.5) is 26.3 Å². The van der Waals surface area contributed by atoms with Crippen molar-refractivity contribution >= 4 is 23.5 Å². The molecule has 0 bridgehead atoms. The Balaban J connectivity index is 2.05. The summed E-state index contributed by atoms with van der Waals surface area (Å²) in [5.74, 6) is -9.83. The molecule has 0 fully saturated rings. The maximum Gasteiger partial charge on any atom is 0.491 e. The van der Waals surface area contributed by atoms with Crippen LogP contribution in [0.1, 0.15) is 11.1 Å². The van der Waals surface area contributed by atoms with Gasteiger partial charge in [-0.3, -0.25) is 0 Å². The molecule has 14 heteroatoms. The fraction of sp³-hybridized carbons (Fsp3) is 0.316. The quantitative estimate of drug-likeness (QED) is 0.388. The van der Waals surface area contributed by atoms with Crippen molar-refractivity contribution in [3.05, 3.63) is 46.5 Å². The summed E-state index contributed by atoms with van der Waals surface area (Å²) in [7, 11) is 0. The number of aromatic nitrogens is 1. The standard InChI is InChI=1S/C19H13ClF6N2O5/c1-9-6-11(20)3-4-12(9)13-5-2-10-7-27-8-17(31-14(10)28-13,32-15(29)18(21,22)23)33-16(30)19(24,25)26/h2-6,27H,7-8H2,1H3. The van der Waals surface area contributed by atoms with Crippen LogP contribution in [-0.4, -0.2) is 41.8 Å². The van der Waals surface area contributed by atoms with Crippen molar-refractivity contribution in [3.63, 3.8) is 0 Å². The molecular formula is C19H13ClF6N2O5. The first kappa shape index (κ1) is 24.6. The number of ether oxygens (including phenoxy) is 3. The van der Waals surface area contributed by atoms with Gasteiger partial charge in [-0.25, -0.2) is 14.6 Å². The van der Waals surface area contributed by atoms with Crippen molar-refractivity contribution in [1.82, 2.24) is 10.3 Å². The summed E-state index contributed by atoms with van der Waals surface area (Å²) in [6, 6.07) is 7.69. The zero-order chi connectivity index (χ0) is 24.6. The van der Waals surface area contributed by atoms with Crippen LogP contribution >= 0.6 is 11.6 Å². The van der Waals surface area contributed by atoms with Gasteiger partial charge in [-0.1, -0.05) is 23.7 Å². The number of hydrogen-bond acceptors (Lipinski definition) is 7. The molecule has 0 atom stereocenters. The van der Waals surface area contributed by atoms with E-state index in [0.717, 1.165) is 0 Å². The van der Waals surface area contributed by atoms with Gasteiger partial charge in [-0.2, -0.15) is 26.3 Å². The van der Waals surface area contributed by atoms with E-state index in [1.807, 2.05) is 0 Å². The molecule has 1 aromatic heterocycles. The van der Waals surface area contributed by atoms with E-state index < -0.39 is 42.7 Å². The number of carbonyl (C=O) groups is 2. The number of fused-ring (bicyclic) bond motifs is 1. The first-order valence-corrected chi connectivity index (χ1v) is 9.34. The average Bonchev–Trinajstić information content (AvgIpc) is 2.84. The molecule has 0 amide bonds. The number of hydrogen-bond donors (Lipinski definition) is 1. The molecule has 1 aliphatic rings. The van der Waals surface area contributed by atoms with Gasteiger partial charge in [0.2, 0.25) is 5.88 Å². The van der Waals surface area contributed by atoms with Gasteiger partial charge in [0.05, 0.1) is 5.69 Å². The Hall–Kier alpha value is -3.06. The lowest BCUT2D eigenvalue weighted by atomic mass is 10.0. The molecule has 33 heavy (non-hydrogen) atoms. The molecule has 178 valence electrons. The molecule has 0 saturated carbocycles. The second-order valence-corrected chi connectivity index (χ2v) is 7.22. The molecular weight excluding hydrogens is 486 g/mol. The van der Waals surface area contributed by atoms with E-state index in [0.29, 0.717) is 16.1 Å². The minimum absolute atomic E-state index is 0.170. The van der Waals surface area contributed by atoms with Gasteiger partial charge in [-0.15, -0.1) is 0 Å². The van der Waals surface area contributed by atoms with Gasteiger partial charge in [0.1, 0.15) is 6.54 Å². The predicted octanol–water partition coefficient (Wildman–Crippen LogP) is 4.06. The number of pyridine rings is 1. The zero-order valence-corrected chi connectivity index (χ0v) is 17.2. The second-order valence-electron chi connectivity index (χ2n) is 6.78. The molecule has 2 aromatic rings. The van der Waals surface area contributed by atoms with Crippen LogP contribution in [0.5, 0.6) is 5.88 Å². The number of rotatable bonds is 3. The van der Waals surface area contributed by atoms with Crippen LogP contribution < -0.4 is 10.1 Å². The molecule has 1 aliphatic heterocycles. The lowest BCUT2D eigenvalue weighted by Gasteiger charge is -2.31. The van der Waals surface area contributed by atoms with Crippen molar-refractivity contribution in [3.8, 4) is 17.1 Å². The normalized spacial score (nSPS) is 15.6. The largest absolute Gasteiger partial charge is 0.491 e. The summed E-state index contributed by atoms with van der Waals surface area (Å²) in [6.45, 7) is 0.469. The Kier molecular flexibility index (Phi) is 6.48. The Morgan fingerprint density at radius 2 is 1.67 bits per heavy atom. The molecule has 3 rings (SSSR count). The van der Waals surface area contributed by atoms with E-state index in [4.69, 9.17) is 16.3 Å². The molecule has 0 aliphatic carbocycles. The van der Waals surface area contributed by atoms with Crippen LogP contribution in [0.15, 0.2) is 30.3 Å². The number of aryl methyl sites for hydroxylation is 1. The zero-order valence-electron chi connectivity index (χ0n) is 16.4. The third kappa shape index (κ3) is 5.66. The fourth-order valence-corrected chi connectivity index (χ4v) is 3.05. The first-order valence-electron chi connectivity index (χ1n) is 8.97. The van der Waals surface area contributed by atoms with Crippen molar-refractivity contribution in [2.75, 3.05) is 6.54 Å². The van der Waals surface area contributed by atoms with Crippen molar-refractivity contribution < 1.29 is 50.1 Å². The highest BCUT2D eigenvalue weighted by molar-refractivity contribution is 6.30. The first-order chi connectivity index (χ1) is 15.2. The molecule has 1 N–H and O–H groups in total. The van der Waals surface area contributed by atoms with E-state index in [-0.39, 0.29) is 17.8 Å². The highest BCUT2D eigenvalue weighted by Gasteiger charge is 2.55. The number of benzene rings is 1. The van der Waals surface area contributed by atoms with E-state index in [9.17, 15) is 35.9 Å².